The molecule has 1 heteroatoms. The highest BCUT2D eigenvalue weighted by Crippen LogP contribution is 2.35. The summed E-state index contributed by atoms with van der Waals surface area (Å²) in [7, 11) is 0. The molecule has 0 saturated carbocycles. The Bertz CT molecular complexity index is 214. The van der Waals surface area contributed by atoms with E-state index < -0.39 is 0 Å². The highest BCUT2D eigenvalue weighted by Gasteiger charge is 2.21. The van der Waals surface area contributed by atoms with E-state index in [0.717, 1.165) is 6.42 Å². The van der Waals surface area contributed by atoms with Crippen molar-refractivity contribution in [2.24, 2.45) is 11.1 Å². The quantitative estimate of drug-likeness (QED) is 0.386. The lowest BCUT2D eigenvalue weighted by Crippen LogP contribution is -2.35. The Balaban J connectivity index is 3.74. The van der Waals surface area contributed by atoms with Gasteiger partial charge in [-0.15, -0.1) is 0 Å². The first-order chi connectivity index (χ1) is 9.39. The summed E-state index contributed by atoms with van der Waals surface area (Å²) in [4.78, 5) is 0. The van der Waals surface area contributed by atoms with Crippen LogP contribution >= 0.6 is 0 Å². The lowest BCUT2D eigenvalue weighted by atomic mass is 9.77. The van der Waals surface area contributed by atoms with E-state index in [1.807, 2.05) is 0 Å². The predicted molar refractivity (Wildman–Crippen MR) is 93.1 cm³/mol. The van der Waals surface area contributed by atoms with Crippen LogP contribution in [0.3, 0.4) is 0 Å². The van der Waals surface area contributed by atoms with Gasteiger partial charge < -0.3 is 5.73 Å². The standard InChI is InChI=1S/C19H41N/c1-6-13-18(4,14-7-2)16-11-9-10-12-17-19(5,20)15-8-3/h6-17,20H2,1-5H3. The Hall–Kier alpha value is -0.0400. The monoisotopic (exact) mass is 283 g/mol. The summed E-state index contributed by atoms with van der Waals surface area (Å²) < 4.78 is 0. The second kappa shape index (κ2) is 10.7. The molecule has 0 aromatic heterocycles. The first-order valence-corrected chi connectivity index (χ1v) is 9.18. The van der Waals surface area contributed by atoms with Gasteiger partial charge in [-0.2, -0.15) is 0 Å². The smallest absolute Gasteiger partial charge is 0.0125 e. The van der Waals surface area contributed by atoms with Crippen molar-refractivity contribution in [1.29, 1.82) is 0 Å². The van der Waals surface area contributed by atoms with Gasteiger partial charge in [-0.25, -0.2) is 0 Å². The molecule has 0 aromatic rings. The van der Waals surface area contributed by atoms with E-state index >= 15 is 0 Å². The molecule has 0 radical (unpaired) electrons. The van der Waals surface area contributed by atoms with Crippen LogP contribution in [0.4, 0.5) is 0 Å². The molecule has 0 aliphatic heterocycles. The van der Waals surface area contributed by atoms with Crippen molar-refractivity contribution in [2.45, 2.75) is 117 Å². The second-order valence-corrected chi connectivity index (χ2v) is 7.63. The topological polar surface area (TPSA) is 26.0 Å². The lowest BCUT2D eigenvalue weighted by Gasteiger charge is -2.29. The Morgan fingerprint density at radius 2 is 1.05 bits per heavy atom. The van der Waals surface area contributed by atoms with Gasteiger partial charge >= 0.3 is 0 Å². The summed E-state index contributed by atoms with van der Waals surface area (Å²) in [6, 6.07) is 0. The van der Waals surface area contributed by atoms with Crippen molar-refractivity contribution in [3.05, 3.63) is 0 Å². The van der Waals surface area contributed by atoms with Crippen molar-refractivity contribution >= 4 is 0 Å². The van der Waals surface area contributed by atoms with E-state index in [9.17, 15) is 0 Å². The van der Waals surface area contributed by atoms with Crippen LogP contribution in [0, 0.1) is 5.41 Å². The minimum Gasteiger partial charge on any atom is -0.325 e. The Morgan fingerprint density at radius 3 is 1.50 bits per heavy atom. The number of hydrogen-bond acceptors (Lipinski definition) is 1. The lowest BCUT2D eigenvalue weighted by molar-refractivity contribution is 0.234. The molecule has 0 bridgehead atoms. The number of unbranched alkanes of at least 4 members (excludes halogenated alkanes) is 3. The van der Waals surface area contributed by atoms with Crippen LogP contribution < -0.4 is 5.73 Å². The third-order valence-corrected chi connectivity index (χ3v) is 4.81. The van der Waals surface area contributed by atoms with Crippen molar-refractivity contribution < 1.29 is 0 Å². The molecule has 0 saturated heterocycles. The zero-order valence-electron chi connectivity index (χ0n) is 15.1. The molecule has 1 nitrogen and oxygen atoms in total. The number of rotatable bonds is 13. The maximum absolute atomic E-state index is 6.29. The van der Waals surface area contributed by atoms with Gasteiger partial charge in [0.1, 0.15) is 0 Å². The molecule has 0 spiro atoms. The largest absolute Gasteiger partial charge is 0.325 e. The van der Waals surface area contributed by atoms with Gasteiger partial charge in [-0.1, -0.05) is 72.6 Å². The van der Waals surface area contributed by atoms with Crippen LogP contribution in [0.1, 0.15) is 112 Å². The van der Waals surface area contributed by atoms with E-state index in [4.69, 9.17) is 5.73 Å². The average Bonchev–Trinajstić information content (AvgIpc) is 2.34. The molecule has 1 unspecified atom stereocenters. The van der Waals surface area contributed by atoms with E-state index in [1.54, 1.807) is 0 Å². The second-order valence-electron chi connectivity index (χ2n) is 7.63. The fourth-order valence-electron chi connectivity index (χ4n) is 3.71. The van der Waals surface area contributed by atoms with Crippen LogP contribution in [-0.2, 0) is 0 Å². The Kier molecular flexibility index (Phi) is 10.6. The van der Waals surface area contributed by atoms with Crippen LogP contribution in [0.5, 0.6) is 0 Å². The zero-order valence-corrected chi connectivity index (χ0v) is 15.1. The molecule has 0 aliphatic carbocycles. The van der Waals surface area contributed by atoms with Gasteiger partial charge in [0.15, 0.2) is 0 Å². The van der Waals surface area contributed by atoms with E-state index in [-0.39, 0.29) is 5.54 Å². The fraction of sp³-hybridized carbons (Fsp3) is 1.00. The third kappa shape index (κ3) is 9.80. The van der Waals surface area contributed by atoms with Gasteiger partial charge in [-0.05, 0) is 44.4 Å². The fourth-order valence-corrected chi connectivity index (χ4v) is 3.71. The van der Waals surface area contributed by atoms with Crippen molar-refractivity contribution in [3.8, 4) is 0 Å². The molecule has 0 rings (SSSR count). The SMILES string of the molecule is CCCC(C)(N)CCCCCCC(C)(CCC)CCC. The molecular weight excluding hydrogens is 242 g/mol. The normalized spacial score (nSPS) is 15.3. The van der Waals surface area contributed by atoms with Crippen molar-refractivity contribution in [3.63, 3.8) is 0 Å². The van der Waals surface area contributed by atoms with Crippen LogP contribution in [0.2, 0.25) is 0 Å². The summed E-state index contributed by atoms with van der Waals surface area (Å²) in [5.74, 6) is 0. The van der Waals surface area contributed by atoms with Crippen LogP contribution in [0.25, 0.3) is 0 Å². The first kappa shape index (κ1) is 20.0. The maximum Gasteiger partial charge on any atom is 0.0125 e. The van der Waals surface area contributed by atoms with E-state index in [2.05, 4.69) is 34.6 Å². The number of nitrogens with two attached hydrogens (primary N) is 1. The minimum absolute atomic E-state index is 0.0771. The summed E-state index contributed by atoms with van der Waals surface area (Å²) in [6.45, 7) is 11.6. The highest BCUT2D eigenvalue weighted by atomic mass is 14.7. The summed E-state index contributed by atoms with van der Waals surface area (Å²) in [5.41, 5.74) is 6.97. The average molecular weight is 284 g/mol. The third-order valence-electron chi connectivity index (χ3n) is 4.81. The van der Waals surface area contributed by atoms with Crippen LogP contribution in [-0.4, -0.2) is 5.54 Å². The van der Waals surface area contributed by atoms with Gasteiger partial charge in [0.25, 0.3) is 0 Å². The number of hydrogen-bond donors (Lipinski definition) is 1. The van der Waals surface area contributed by atoms with Gasteiger partial charge in [0, 0.05) is 5.54 Å². The summed E-state index contributed by atoms with van der Waals surface area (Å²) in [6.07, 6.45) is 15.9. The molecule has 0 heterocycles. The van der Waals surface area contributed by atoms with Gasteiger partial charge in [0.2, 0.25) is 0 Å². The first-order valence-electron chi connectivity index (χ1n) is 9.18. The zero-order chi connectivity index (χ0) is 15.5. The summed E-state index contributed by atoms with van der Waals surface area (Å²) in [5, 5.41) is 0. The molecule has 0 amide bonds. The maximum atomic E-state index is 6.29. The minimum atomic E-state index is 0.0771. The van der Waals surface area contributed by atoms with Crippen molar-refractivity contribution in [1.82, 2.24) is 0 Å². The molecular formula is C19H41N. The molecule has 0 aromatic carbocycles. The Morgan fingerprint density at radius 1 is 0.600 bits per heavy atom. The predicted octanol–water partition coefficient (Wildman–Crippen LogP) is 6.45. The molecule has 20 heavy (non-hydrogen) atoms. The van der Waals surface area contributed by atoms with E-state index in [0.29, 0.717) is 5.41 Å². The molecule has 0 aliphatic rings. The molecule has 2 N–H and O–H groups in total. The van der Waals surface area contributed by atoms with Gasteiger partial charge in [0.05, 0.1) is 0 Å². The molecule has 122 valence electrons. The van der Waals surface area contributed by atoms with Crippen LogP contribution in [0.15, 0.2) is 0 Å². The summed E-state index contributed by atoms with van der Waals surface area (Å²) >= 11 is 0. The van der Waals surface area contributed by atoms with Crippen molar-refractivity contribution in [2.75, 3.05) is 0 Å². The van der Waals surface area contributed by atoms with E-state index in [1.165, 1.54) is 70.6 Å². The molecule has 1 atom stereocenters. The van der Waals surface area contributed by atoms with Gasteiger partial charge in [-0.3, -0.25) is 0 Å². The highest BCUT2D eigenvalue weighted by molar-refractivity contribution is 4.77. The molecule has 0 fully saturated rings. The Labute approximate surface area is 129 Å².